The molecule has 0 saturated heterocycles. The minimum absolute atomic E-state index is 0.241. The number of hydrazine groups is 1. The van der Waals surface area contributed by atoms with Gasteiger partial charge in [-0.15, -0.1) is 0 Å². The van der Waals surface area contributed by atoms with Crippen molar-refractivity contribution in [3.05, 3.63) is 40.8 Å². The van der Waals surface area contributed by atoms with Gasteiger partial charge in [-0.05, 0) is 12.1 Å². The van der Waals surface area contributed by atoms with E-state index in [4.69, 9.17) is 22.2 Å². The third-order valence-electron chi connectivity index (χ3n) is 2.25. The Morgan fingerprint density at radius 2 is 1.95 bits per heavy atom. The van der Waals surface area contributed by atoms with E-state index < -0.39 is 29.5 Å². The number of nitrogens with zero attached hydrogens (tertiary/aromatic N) is 2. The standard InChI is InChI=1S/C11H7ClF4N4O/c12-5-2-1-3-6(9(5)13)21-8-4-7(11(14,15)16)18-10(19-8)20-17/h1-4H,17H2,(H,18,19,20). The molecule has 0 fully saturated rings. The van der Waals surface area contributed by atoms with Gasteiger partial charge in [-0.3, -0.25) is 5.43 Å². The number of halogens is 5. The van der Waals surface area contributed by atoms with Crippen molar-refractivity contribution in [1.82, 2.24) is 9.97 Å². The van der Waals surface area contributed by atoms with Gasteiger partial charge in [-0.2, -0.15) is 18.2 Å². The molecule has 0 unspecified atom stereocenters. The lowest BCUT2D eigenvalue weighted by Crippen LogP contribution is -2.15. The lowest BCUT2D eigenvalue weighted by Gasteiger charge is -2.11. The number of nitrogen functional groups attached to an aromatic ring is 1. The number of anilines is 1. The number of hydrogen-bond donors (Lipinski definition) is 2. The van der Waals surface area contributed by atoms with E-state index in [2.05, 4.69) is 9.97 Å². The highest BCUT2D eigenvalue weighted by molar-refractivity contribution is 6.30. The number of rotatable bonds is 3. The zero-order chi connectivity index (χ0) is 15.6. The quantitative estimate of drug-likeness (QED) is 0.515. The maximum atomic E-state index is 13.6. The lowest BCUT2D eigenvalue weighted by molar-refractivity contribution is -0.141. The van der Waals surface area contributed by atoms with Crippen LogP contribution in [-0.4, -0.2) is 9.97 Å². The number of nitrogens with two attached hydrogens (primary N) is 1. The van der Waals surface area contributed by atoms with Crippen LogP contribution in [0.15, 0.2) is 24.3 Å². The van der Waals surface area contributed by atoms with Crippen LogP contribution in [0.1, 0.15) is 5.69 Å². The predicted octanol–water partition coefficient (Wildman–Crippen LogP) is 3.37. The summed E-state index contributed by atoms with van der Waals surface area (Å²) in [5, 5.41) is -0.241. The second-order valence-electron chi connectivity index (χ2n) is 3.71. The number of hydrogen-bond acceptors (Lipinski definition) is 5. The third kappa shape index (κ3) is 3.50. The Bertz CT molecular complexity index is 665. The predicted molar refractivity (Wildman–Crippen MR) is 66.3 cm³/mol. The van der Waals surface area contributed by atoms with E-state index in [1.54, 1.807) is 0 Å². The van der Waals surface area contributed by atoms with E-state index in [-0.39, 0.29) is 10.8 Å². The van der Waals surface area contributed by atoms with E-state index in [1.807, 2.05) is 5.43 Å². The third-order valence-corrected chi connectivity index (χ3v) is 2.54. The van der Waals surface area contributed by atoms with E-state index in [9.17, 15) is 17.6 Å². The topological polar surface area (TPSA) is 73.1 Å². The van der Waals surface area contributed by atoms with Gasteiger partial charge in [-0.1, -0.05) is 17.7 Å². The highest BCUT2D eigenvalue weighted by Crippen LogP contribution is 2.33. The second kappa shape index (κ2) is 5.70. The highest BCUT2D eigenvalue weighted by atomic mass is 35.5. The molecule has 0 amide bonds. The molecule has 2 rings (SSSR count). The molecule has 1 aromatic heterocycles. The molecule has 0 aliphatic heterocycles. The van der Waals surface area contributed by atoms with E-state index in [0.717, 1.165) is 0 Å². The molecule has 0 saturated carbocycles. The van der Waals surface area contributed by atoms with Crippen LogP contribution in [0.2, 0.25) is 5.02 Å². The van der Waals surface area contributed by atoms with Crippen molar-refractivity contribution in [3.8, 4) is 11.6 Å². The van der Waals surface area contributed by atoms with Gasteiger partial charge in [0.05, 0.1) is 5.02 Å². The molecule has 1 heterocycles. The first kappa shape index (κ1) is 15.3. The summed E-state index contributed by atoms with van der Waals surface area (Å²) >= 11 is 5.54. The van der Waals surface area contributed by atoms with Crippen molar-refractivity contribution in [2.45, 2.75) is 6.18 Å². The molecule has 10 heteroatoms. The van der Waals surface area contributed by atoms with Gasteiger partial charge in [0.1, 0.15) is 0 Å². The molecular formula is C11H7ClF4N4O. The average molecular weight is 323 g/mol. The van der Waals surface area contributed by atoms with Gasteiger partial charge in [0, 0.05) is 6.07 Å². The molecule has 0 bridgehead atoms. The zero-order valence-corrected chi connectivity index (χ0v) is 10.8. The molecule has 0 radical (unpaired) electrons. The fourth-order valence-electron chi connectivity index (χ4n) is 1.36. The Balaban J connectivity index is 2.42. The largest absolute Gasteiger partial charge is 0.436 e. The molecule has 0 aliphatic carbocycles. The van der Waals surface area contributed by atoms with E-state index in [0.29, 0.717) is 6.07 Å². The summed E-state index contributed by atoms with van der Waals surface area (Å²) in [7, 11) is 0. The molecule has 1 aromatic carbocycles. The normalized spacial score (nSPS) is 11.3. The van der Waals surface area contributed by atoms with E-state index in [1.165, 1.54) is 18.2 Å². The van der Waals surface area contributed by atoms with Crippen molar-refractivity contribution in [2.24, 2.45) is 5.84 Å². The smallest absolute Gasteiger partial charge is 0.433 e. The summed E-state index contributed by atoms with van der Waals surface area (Å²) in [4.78, 5) is 6.68. The van der Waals surface area contributed by atoms with Crippen molar-refractivity contribution >= 4 is 17.5 Å². The number of aromatic nitrogens is 2. The zero-order valence-electron chi connectivity index (χ0n) is 10.1. The molecule has 21 heavy (non-hydrogen) atoms. The van der Waals surface area contributed by atoms with Crippen LogP contribution >= 0.6 is 11.6 Å². The van der Waals surface area contributed by atoms with Crippen LogP contribution < -0.4 is 16.0 Å². The summed E-state index contributed by atoms with van der Waals surface area (Å²) < 4.78 is 56.6. The fraction of sp³-hybridized carbons (Fsp3) is 0.0909. The van der Waals surface area contributed by atoms with Crippen molar-refractivity contribution < 1.29 is 22.3 Å². The summed E-state index contributed by atoms with van der Waals surface area (Å²) in [6, 6.07) is 4.33. The van der Waals surface area contributed by atoms with Gasteiger partial charge >= 0.3 is 6.18 Å². The first-order valence-electron chi connectivity index (χ1n) is 5.36. The van der Waals surface area contributed by atoms with Gasteiger partial charge in [0.2, 0.25) is 11.8 Å². The van der Waals surface area contributed by atoms with Crippen molar-refractivity contribution in [2.75, 3.05) is 5.43 Å². The second-order valence-corrected chi connectivity index (χ2v) is 4.12. The van der Waals surface area contributed by atoms with Gasteiger partial charge in [-0.25, -0.2) is 15.2 Å². The van der Waals surface area contributed by atoms with Gasteiger partial charge < -0.3 is 4.74 Å². The summed E-state index contributed by atoms with van der Waals surface area (Å²) in [5.74, 6) is 2.62. The van der Waals surface area contributed by atoms with Crippen LogP contribution in [0, 0.1) is 5.82 Å². The Kier molecular flexibility index (Phi) is 4.14. The maximum absolute atomic E-state index is 13.6. The van der Waals surface area contributed by atoms with Gasteiger partial charge in [0.15, 0.2) is 17.3 Å². The SMILES string of the molecule is NNc1nc(Oc2cccc(Cl)c2F)cc(C(F)(F)F)n1. The Morgan fingerprint density at radius 3 is 2.57 bits per heavy atom. The summed E-state index contributed by atoms with van der Waals surface area (Å²) in [6.07, 6.45) is -4.74. The van der Waals surface area contributed by atoms with Crippen LogP contribution in [0.3, 0.4) is 0 Å². The summed E-state index contributed by atoms with van der Waals surface area (Å²) in [6.45, 7) is 0. The van der Waals surface area contributed by atoms with Crippen molar-refractivity contribution in [1.29, 1.82) is 0 Å². The number of ether oxygens (including phenoxy) is 1. The van der Waals surface area contributed by atoms with Crippen molar-refractivity contribution in [3.63, 3.8) is 0 Å². The molecule has 0 atom stereocenters. The minimum atomic E-state index is -4.74. The number of nitrogens with one attached hydrogen (secondary N) is 1. The van der Waals surface area contributed by atoms with Crippen LogP contribution in [0.25, 0.3) is 0 Å². The summed E-state index contributed by atoms with van der Waals surface area (Å²) in [5.41, 5.74) is 0.581. The monoisotopic (exact) mass is 322 g/mol. The Labute approximate surface area is 120 Å². The first-order valence-corrected chi connectivity index (χ1v) is 5.74. The lowest BCUT2D eigenvalue weighted by atomic mass is 10.3. The fourth-order valence-corrected chi connectivity index (χ4v) is 1.53. The highest BCUT2D eigenvalue weighted by Gasteiger charge is 2.34. The average Bonchev–Trinajstić information content (AvgIpc) is 2.42. The molecule has 0 aliphatic rings. The minimum Gasteiger partial charge on any atom is -0.436 e. The molecule has 112 valence electrons. The van der Waals surface area contributed by atoms with Crippen LogP contribution in [-0.2, 0) is 6.18 Å². The maximum Gasteiger partial charge on any atom is 0.433 e. The molecule has 5 nitrogen and oxygen atoms in total. The van der Waals surface area contributed by atoms with Gasteiger partial charge in [0.25, 0.3) is 0 Å². The molecule has 2 aromatic rings. The van der Waals surface area contributed by atoms with Crippen LogP contribution in [0.5, 0.6) is 11.6 Å². The number of alkyl halides is 3. The molecule has 3 N–H and O–H groups in total. The number of benzene rings is 1. The molecule has 0 spiro atoms. The Hall–Kier alpha value is -2.13. The Morgan fingerprint density at radius 1 is 1.24 bits per heavy atom. The van der Waals surface area contributed by atoms with E-state index >= 15 is 0 Å². The van der Waals surface area contributed by atoms with Crippen LogP contribution in [0.4, 0.5) is 23.5 Å². The first-order chi connectivity index (χ1) is 9.81. The molecular weight excluding hydrogens is 316 g/mol.